The molecule has 0 heterocycles. The van der Waals surface area contributed by atoms with Crippen LogP contribution in [-0.4, -0.2) is 132 Å². The lowest BCUT2D eigenvalue weighted by atomic mass is 9.85. The summed E-state index contributed by atoms with van der Waals surface area (Å²) in [5.41, 5.74) is 0. The highest BCUT2D eigenvalue weighted by atomic mass is 31.2. The summed E-state index contributed by atoms with van der Waals surface area (Å²) in [7, 11) is -5.21. The van der Waals surface area contributed by atoms with E-state index in [0.717, 1.165) is 44.9 Å². The highest BCUT2D eigenvalue weighted by molar-refractivity contribution is 7.47. The number of phosphoric ester groups is 1. The van der Waals surface area contributed by atoms with Gasteiger partial charge in [-0.15, -0.1) is 0 Å². The van der Waals surface area contributed by atoms with Crippen molar-refractivity contribution in [3.63, 3.8) is 0 Å². The second-order valence-corrected chi connectivity index (χ2v) is 17.5. The lowest BCUT2D eigenvalue weighted by molar-refractivity contribution is -0.220. The van der Waals surface area contributed by atoms with Crippen LogP contribution in [0.15, 0.2) is 48.6 Å². The number of phosphoric acid groups is 1. The van der Waals surface area contributed by atoms with Gasteiger partial charge in [-0.25, -0.2) is 4.57 Å². The number of carbonyl (C=O) groups is 2. The smallest absolute Gasteiger partial charge is 0.462 e. The minimum Gasteiger partial charge on any atom is -0.462 e. The Balaban J connectivity index is 2.64. The molecule has 0 saturated heterocycles. The lowest BCUT2D eigenvalue weighted by Crippen LogP contribution is -2.64. The lowest BCUT2D eigenvalue weighted by Gasteiger charge is -2.41. The topological polar surface area (TPSA) is 270 Å². The summed E-state index contributed by atoms with van der Waals surface area (Å²) in [6.45, 7) is 2.89. The van der Waals surface area contributed by atoms with Crippen molar-refractivity contribution in [2.45, 2.75) is 210 Å². The molecule has 0 aromatic rings. The van der Waals surface area contributed by atoms with Crippen LogP contribution in [0.3, 0.4) is 0 Å². The van der Waals surface area contributed by atoms with E-state index in [-0.39, 0.29) is 25.7 Å². The molecule has 1 fully saturated rings. The first-order valence-corrected chi connectivity index (χ1v) is 24.3. The van der Waals surface area contributed by atoms with Gasteiger partial charge in [-0.3, -0.25) is 18.6 Å². The number of aliphatic hydroxyl groups excluding tert-OH is 8. The van der Waals surface area contributed by atoms with Crippen LogP contribution in [0.4, 0.5) is 0 Å². The molecule has 0 aliphatic heterocycles. The molecular weight excluding hydrogens is 827 g/mol. The summed E-state index contributed by atoms with van der Waals surface area (Å²) in [6, 6.07) is 0. The number of allylic oxidation sites excluding steroid dienone is 6. The largest absolute Gasteiger partial charge is 0.472 e. The number of ether oxygens (including phenoxy) is 2. The van der Waals surface area contributed by atoms with Crippen LogP contribution in [0.25, 0.3) is 0 Å². The first kappa shape index (κ1) is 57.7. The molecule has 0 spiro atoms. The van der Waals surface area contributed by atoms with Gasteiger partial charge in [0.25, 0.3) is 0 Å². The van der Waals surface area contributed by atoms with Gasteiger partial charge in [-0.2, -0.15) is 0 Å². The van der Waals surface area contributed by atoms with Crippen molar-refractivity contribution in [1.29, 1.82) is 0 Å². The van der Waals surface area contributed by atoms with Crippen LogP contribution in [0.1, 0.15) is 149 Å². The third-order valence-electron chi connectivity index (χ3n) is 10.5. The number of hydrogen-bond acceptors (Lipinski definition) is 15. The number of unbranched alkanes of at least 4 members (excludes halogenated alkanes) is 14. The number of hydrogen-bond donors (Lipinski definition) is 9. The fourth-order valence-corrected chi connectivity index (χ4v) is 7.64. The van der Waals surface area contributed by atoms with Gasteiger partial charge in [0.2, 0.25) is 0 Å². The van der Waals surface area contributed by atoms with Gasteiger partial charge in [0.05, 0.1) is 24.9 Å². The Morgan fingerprint density at radius 2 is 1.03 bits per heavy atom. The minimum atomic E-state index is -5.21. The Morgan fingerprint density at radius 1 is 0.565 bits per heavy atom. The van der Waals surface area contributed by atoms with Crippen molar-refractivity contribution in [2.24, 2.45) is 0 Å². The molecule has 1 rings (SSSR count). The summed E-state index contributed by atoms with van der Waals surface area (Å²) in [4.78, 5) is 35.7. The fourth-order valence-electron chi connectivity index (χ4n) is 6.67. The van der Waals surface area contributed by atoms with Gasteiger partial charge in [0.1, 0.15) is 43.2 Å². The van der Waals surface area contributed by atoms with Crippen LogP contribution in [0.2, 0.25) is 0 Å². The molecule has 62 heavy (non-hydrogen) atoms. The van der Waals surface area contributed by atoms with E-state index in [1.54, 1.807) is 42.5 Å². The van der Waals surface area contributed by atoms with Gasteiger partial charge in [0, 0.05) is 12.8 Å². The first-order chi connectivity index (χ1) is 29.6. The molecule has 0 bridgehead atoms. The first-order valence-electron chi connectivity index (χ1n) is 22.8. The Labute approximate surface area is 369 Å². The molecule has 1 aliphatic rings. The minimum absolute atomic E-state index is 0.00298. The van der Waals surface area contributed by atoms with E-state index in [4.69, 9.17) is 18.5 Å². The van der Waals surface area contributed by atoms with Crippen LogP contribution in [-0.2, 0) is 32.7 Å². The molecule has 0 radical (unpaired) electrons. The van der Waals surface area contributed by atoms with Crippen molar-refractivity contribution in [1.82, 2.24) is 0 Å². The molecule has 17 heteroatoms. The van der Waals surface area contributed by atoms with E-state index in [0.29, 0.717) is 12.8 Å². The van der Waals surface area contributed by atoms with Gasteiger partial charge < -0.3 is 55.2 Å². The van der Waals surface area contributed by atoms with Crippen LogP contribution < -0.4 is 0 Å². The fraction of sp³-hybridized carbons (Fsp3) is 0.778. The number of carbonyl (C=O) groups excluding carboxylic acids is 2. The SMILES string of the molecule is CCCCCCCCCCCCCCCC(=O)OCC(COP(=O)(O)OC1C(O)C(O)C(O)C(O)C1O)OC(=O)CCCC(O)C(O)\C=C/C=C\C=C\C=C/C(O)CCCCC. The quantitative estimate of drug-likeness (QED) is 0.0167. The van der Waals surface area contributed by atoms with Crippen molar-refractivity contribution >= 4 is 19.8 Å². The molecular formula is C45H79O16P. The predicted molar refractivity (Wildman–Crippen MR) is 234 cm³/mol. The van der Waals surface area contributed by atoms with Gasteiger partial charge in [-0.05, 0) is 25.7 Å². The summed E-state index contributed by atoms with van der Waals surface area (Å²) >= 11 is 0. The average Bonchev–Trinajstić information content (AvgIpc) is 3.24. The van der Waals surface area contributed by atoms with Crippen molar-refractivity contribution in [3.8, 4) is 0 Å². The average molecular weight is 907 g/mol. The van der Waals surface area contributed by atoms with Gasteiger partial charge in [-0.1, -0.05) is 159 Å². The van der Waals surface area contributed by atoms with Crippen LogP contribution in [0.5, 0.6) is 0 Å². The zero-order valence-corrected chi connectivity index (χ0v) is 37.9. The second kappa shape index (κ2) is 35.0. The molecule has 0 amide bonds. The molecule has 9 unspecified atom stereocenters. The Bertz CT molecular complexity index is 1320. The van der Waals surface area contributed by atoms with Gasteiger partial charge in [0.15, 0.2) is 6.10 Å². The molecule has 16 nitrogen and oxygen atoms in total. The van der Waals surface area contributed by atoms with E-state index >= 15 is 0 Å². The van der Waals surface area contributed by atoms with E-state index < -0.39 is 94.0 Å². The molecule has 9 atom stereocenters. The standard InChI is InChI=1S/C45H79O16P/c1-3-5-7-8-9-10-11-12-13-14-15-20-24-30-38(49)58-32-35(33-59-62(56,57)61-45-43(54)41(52)40(51)42(53)44(45)55)60-39(50)31-25-29-37(48)36(47)28-23-19-17-16-18-22-27-34(46)26-21-6-4-2/h16-19,22-23,27-28,34-37,40-48,51-55H,3-15,20-21,24-26,29-33H2,1-2H3,(H,56,57)/b18-16+,19-17-,27-22-,28-23-. The third kappa shape index (κ3) is 27.1. The third-order valence-corrected chi connectivity index (χ3v) is 11.5. The zero-order valence-electron chi connectivity index (χ0n) is 37.0. The van der Waals surface area contributed by atoms with Gasteiger partial charge >= 0.3 is 19.8 Å². The summed E-state index contributed by atoms with van der Waals surface area (Å²) < 4.78 is 33.2. The molecule has 1 saturated carbocycles. The summed E-state index contributed by atoms with van der Waals surface area (Å²) in [6.07, 6.45) is 15.1. The molecule has 360 valence electrons. The number of rotatable bonds is 36. The van der Waals surface area contributed by atoms with E-state index in [9.17, 15) is 59.9 Å². The van der Waals surface area contributed by atoms with Crippen molar-refractivity contribution < 1.29 is 78.4 Å². The number of aliphatic hydroxyl groups is 8. The molecule has 0 aromatic carbocycles. The van der Waals surface area contributed by atoms with Crippen LogP contribution >= 0.6 is 7.82 Å². The zero-order chi connectivity index (χ0) is 46.2. The highest BCUT2D eigenvalue weighted by Crippen LogP contribution is 2.47. The number of esters is 2. The predicted octanol–water partition coefficient (Wildman–Crippen LogP) is 5.30. The van der Waals surface area contributed by atoms with Crippen molar-refractivity contribution in [2.75, 3.05) is 13.2 Å². The Hall–Kier alpha value is -2.31. The van der Waals surface area contributed by atoms with E-state index in [2.05, 4.69) is 13.8 Å². The summed E-state index contributed by atoms with van der Waals surface area (Å²) in [5, 5.41) is 80.7. The normalized spacial score (nSPS) is 23.9. The second-order valence-electron chi connectivity index (χ2n) is 16.1. The monoisotopic (exact) mass is 907 g/mol. The maximum Gasteiger partial charge on any atom is 0.472 e. The summed E-state index contributed by atoms with van der Waals surface area (Å²) in [5.74, 6) is -1.43. The Kier molecular flexibility index (Phi) is 32.6. The molecule has 9 N–H and O–H groups in total. The van der Waals surface area contributed by atoms with E-state index in [1.807, 2.05) is 0 Å². The maximum absolute atomic E-state index is 12.8. The Morgan fingerprint density at radius 3 is 1.60 bits per heavy atom. The maximum atomic E-state index is 12.8. The van der Waals surface area contributed by atoms with Crippen molar-refractivity contribution in [3.05, 3.63) is 48.6 Å². The highest BCUT2D eigenvalue weighted by Gasteiger charge is 2.51. The van der Waals surface area contributed by atoms with Crippen LogP contribution in [0, 0.1) is 0 Å². The molecule has 1 aliphatic carbocycles. The molecule has 0 aromatic heterocycles. The van der Waals surface area contributed by atoms with E-state index in [1.165, 1.54) is 57.4 Å².